The minimum Gasteiger partial charge on any atom is -0.328 e. The molecule has 1 aromatic heterocycles. The lowest BCUT2D eigenvalue weighted by molar-refractivity contribution is 0.476. The highest BCUT2D eigenvalue weighted by Gasteiger charge is 2.03. The van der Waals surface area contributed by atoms with Crippen molar-refractivity contribution in [3.63, 3.8) is 0 Å². The molecule has 0 saturated carbocycles. The van der Waals surface area contributed by atoms with Crippen LogP contribution >= 0.6 is 11.3 Å². The summed E-state index contributed by atoms with van der Waals surface area (Å²) in [4.78, 5) is 4.03. The molecular formula is C7H11FN2S. The van der Waals surface area contributed by atoms with Crippen molar-refractivity contribution in [2.75, 3.05) is 0 Å². The Balaban J connectivity index is 2.58. The highest BCUT2D eigenvalue weighted by Crippen LogP contribution is 2.11. The topological polar surface area (TPSA) is 38.9 Å². The molecule has 1 unspecified atom stereocenters. The average molecular weight is 174 g/mol. The summed E-state index contributed by atoms with van der Waals surface area (Å²) >= 11 is 1.47. The summed E-state index contributed by atoms with van der Waals surface area (Å²) < 4.78 is 12.0. The summed E-state index contributed by atoms with van der Waals surface area (Å²) in [6.45, 7) is 1.44. The maximum absolute atomic E-state index is 12.0. The fourth-order valence-electron chi connectivity index (χ4n) is 0.779. The smallest absolute Gasteiger partial charge is 0.132 e. The Morgan fingerprint density at radius 2 is 2.55 bits per heavy atom. The van der Waals surface area contributed by atoms with E-state index in [-0.39, 0.29) is 6.04 Å². The van der Waals surface area contributed by atoms with E-state index < -0.39 is 6.67 Å². The van der Waals surface area contributed by atoms with Gasteiger partial charge in [-0.2, -0.15) is 0 Å². The van der Waals surface area contributed by atoms with E-state index in [4.69, 9.17) is 5.73 Å². The zero-order chi connectivity index (χ0) is 8.27. The van der Waals surface area contributed by atoms with Gasteiger partial charge in [-0.1, -0.05) is 0 Å². The van der Waals surface area contributed by atoms with Crippen molar-refractivity contribution in [2.24, 2.45) is 5.73 Å². The third kappa shape index (κ3) is 2.55. The number of hydrogen-bond donors (Lipinski definition) is 1. The van der Waals surface area contributed by atoms with Crippen LogP contribution in [0, 0.1) is 0 Å². The van der Waals surface area contributed by atoms with Crippen LogP contribution in [0.1, 0.15) is 17.6 Å². The molecule has 11 heavy (non-hydrogen) atoms. The molecule has 4 heteroatoms. The molecule has 1 atom stereocenters. The predicted octanol–water partition coefficient (Wildman–Crippen LogP) is 1.50. The zero-order valence-corrected chi connectivity index (χ0v) is 7.20. The highest BCUT2D eigenvalue weighted by atomic mass is 32.1. The first-order valence-electron chi connectivity index (χ1n) is 3.47. The first-order valence-corrected chi connectivity index (χ1v) is 4.35. The van der Waals surface area contributed by atoms with Crippen LogP contribution in [0.3, 0.4) is 0 Å². The van der Waals surface area contributed by atoms with Crippen LogP contribution in [-0.4, -0.2) is 11.0 Å². The van der Waals surface area contributed by atoms with Crippen molar-refractivity contribution >= 4 is 11.3 Å². The van der Waals surface area contributed by atoms with Gasteiger partial charge in [0, 0.05) is 17.8 Å². The standard InChI is InChI=1S/C7H11FN2S/c1-5(9)2-7-10-6(3-8)4-11-7/h4-5H,2-3,9H2,1H3. The molecule has 1 rings (SSSR count). The first kappa shape index (κ1) is 8.62. The Labute approximate surface area is 69.3 Å². The number of nitrogens with two attached hydrogens (primary N) is 1. The van der Waals surface area contributed by atoms with Gasteiger partial charge in [-0.25, -0.2) is 9.37 Å². The van der Waals surface area contributed by atoms with E-state index >= 15 is 0 Å². The van der Waals surface area contributed by atoms with Crippen LogP contribution < -0.4 is 5.73 Å². The van der Waals surface area contributed by atoms with Gasteiger partial charge in [-0.3, -0.25) is 0 Å². The molecule has 0 amide bonds. The predicted molar refractivity (Wildman–Crippen MR) is 44.3 cm³/mol. The molecule has 2 N–H and O–H groups in total. The van der Waals surface area contributed by atoms with Gasteiger partial charge in [0.1, 0.15) is 6.67 Å². The maximum Gasteiger partial charge on any atom is 0.132 e. The van der Waals surface area contributed by atoms with Gasteiger partial charge >= 0.3 is 0 Å². The molecule has 0 aliphatic heterocycles. The summed E-state index contributed by atoms with van der Waals surface area (Å²) in [5, 5.41) is 2.66. The molecule has 1 heterocycles. The van der Waals surface area contributed by atoms with Crippen molar-refractivity contribution in [1.82, 2.24) is 4.98 Å². The number of nitrogens with zero attached hydrogens (tertiary/aromatic N) is 1. The molecular weight excluding hydrogens is 163 g/mol. The molecule has 0 fully saturated rings. The number of aromatic nitrogens is 1. The quantitative estimate of drug-likeness (QED) is 0.754. The van der Waals surface area contributed by atoms with Gasteiger partial charge in [0.2, 0.25) is 0 Å². The van der Waals surface area contributed by atoms with Crippen molar-refractivity contribution in [2.45, 2.75) is 26.1 Å². The van der Waals surface area contributed by atoms with Crippen LogP contribution in [0.4, 0.5) is 4.39 Å². The summed E-state index contributed by atoms with van der Waals surface area (Å²) in [6.07, 6.45) is 0.741. The summed E-state index contributed by atoms with van der Waals surface area (Å²) in [6, 6.07) is 0.105. The van der Waals surface area contributed by atoms with Gasteiger partial charge in [0.05, 0.1) is 10.7 Å². The van der Waals surface area contributed by atoms with Crippen molar-refractivity contribution in [3.8, 4) is 0 Å². The van der Waals surface area contributed by atoms with Crippen LogP contribution in [0.5, 0.6) is 0 Å². The fourth-order valence-corrected chi connectivity index (χ4v) is 1.70. The zero-order valence-electron chi connectivity index (χ0n) is 6.38. The number of thiazole rings is 1. The minimum absolute atomic E-state index is 0.105. The summed E-state index contributed by atoms with van der Waals surface area (Å²) in [5.74, 6) is 0. The number of alkyl halides is 1. The van der Waals surface area contributed by atoms with Crippen molar-refractivity contribution in [3.05, 3.63) is 16.1 Å². The molecule has 0 radical (unpaired) electrons. The van der Waals surface area contributed by atoms with Crippen LogP contribution in [0.25, 0.3) is 0 Å². The van der Waals surface area contributed by atoms with E-state index in [1.54, 1.807) is 5.38 Å². The second kappa shape index (κ2) is 3.78. The molecule has 62 valence electrons. The van der Waals surface area contributed by atoms with Crippen LogP contribution in [0.2, 0.25) is 0 Å². The first-order chi connectivity index (χ1) is 5.22. The van der Waals surface area contributed by atoms with Gasteiger partial charge in [0.25, 0.3) is 0 Å². The Morgan fingerprint density at radius 1 is 1.82 bits per heavy atom. The van der Waals surface area contributed by atoms with E-state index in [9.17, 15) is 4.39 Å². The molecule has 0 aromatic carbocycles. The average Bonchev–Trinajstić information content (AvgIpc) is 2.34. The summed E-state index contributed by atoms with van der Waals surface area (Å²) in [5.41, 5.74) is 6.07. The molecule has 0 bridgehead atoms. The second-order valence-corrected chi connectivity index (χ2v) is 3.49. The van der Waals surface area contributed by atoms with Gasteiger partial charge < -0.3 is 5.73 Å². The minimum atomic E-state index is -0.477. The van der Waals surface area contributed by atoms with E-state index in [0.717, 1.165) is 11.4 Å². The monoisotopic (exact) mass is 174 g/mol. The van der Waals surface area contributed by atoms with E-state index in [2.05, 4.69) is 4.98 Å². The molecule has 0 aliphatic rings. The lowest BCUT2D eigenvalue weighted by atomic mass is 10.3. The number of rotatable bonds is 3. The molecule has 0 saturated heterocycles. The Morgan fingerprint density at radius 3 is 3.00 bits per heavy atom. The largest absolute Gasteiger partial charge is 0.328 e. The third-order valence-electron chi connectivity index (χ3n) is 1.23. The fraction of sp³-hybridized carbons (Fsp3) is 0.571. The molecule has 2 nitrogen and oxygen atoms in total. The summed E-state index contributed by atoms with van der Waals surface area (Å²) in [7, 11) is 0. The lowest BCUT2D eigenvalue weighted by Crippen LogP contribution is -2.17. The third-order valence-corrected chi connectivity index (χ3v) is 2.15. The van der Waals surface area contributed by atoms with Crippen molar-refractivity contribution in [1.29, 1.82) is 0 Å². The highest BCUT2D eigenvalue weighted by molar-refractivity contribution is 7.09. The van der Waals surface area contributed by atoms with Crippen molar-refractivity contribution < 1.29 is 4.39 Å². The molecule has 0 spiro atoms. The number of hydrogen-bond acceptors (Lipinski definition) is 3. The SMILES string of the molecule is CC(N)Cc1nc(CF)cs1. The van der Waals surface area contributed by atoms with Crippen LogP contribution in [0.15, 0.2) is 5.38 Å². The Hall–Kier alpha value is -0.480. The Bertz CT molecular complexity index is 222. The Kier molecular flexibility index (Phi) is 2.96. The van der Waals surface area contributed by atoms with E-state index in [1.165, 1.54) is 11.3 Å². The molecule has 1 aromatic rings. The van der Waals surface area contributed by atoms with Gasteiger partial charge in [-0.05, 0) is 6.92 Å². The maximum atomic E-state index is 12.0. The van der Waals surface area contributed by atoms with Gasteiger partial charge in [0.15, 0.2) is 0 Å². The van der Waals surface area contributed by atoms with Crippen LogP contribution in [-0.2, 0) is 13.1 Å². The molecule has 0 aliphatic carbocycles. The van der Waals surface area contributed by atoms with Gasteiger partial charge in [-0.15, -0.1) is 11.3 Å². The lowest BCUT2D eigenvalue weighted by Gasteiger charge is -1.98. The van der Waals surface area contributed by atoms with E-state index in [0.29, 0.717) is 5.69 Å². The number of halogens is 1. The second-order valence-electron chi connectivity index (χ2n) is 2.55. The normalized spacial score (nSPS) is 13.4. The van der Waals surface area contributed by atoms with E-state index in [1.807, 2.05) is 6.92 Å².